The van der Waals surface area contributed by atoms with Crippen LogP contribution in [0.3, 0.4) is 0 Å². The molecular formula is C18H24N2O3. The summed E-state index contributed by atoms with van der Waals surface area (Å²) in [6, 6.07) is 10.00. The van der Waals surface area contributed by atoms with Gasteiger partial charge in [0.05, 0.1) is 12.0 Å². The Morgan fingerprint density at radius 3 is 2.74 bits per heavy atom. The summed E-state index contributed by atoms with van der Waals surface area (Å²) in [5, 5.41) is 0. The summed E-state index contributed by atoms with van der Waals surface area (Å²) in [4.78, 5) is 28.2. The molecule has 2 saturated heterocycles. The Kier molecular flexibility index (Phi) is 4.96. The largest absolute Gasteiger partial charge is 0.376 e. The Balaban J connectivity index is 1.71. The lowest BCUT2D eigenvalue weighted by molar-refractivity contribution is -0.138. The van der Waals surface area contributed by atoms with E-state index < -0.39 is 0 Å². The van der Waals surface area contributed by atoms with Crippen LogP contribution in [-0.4, -0.2) is 54.5 Å². The van der Waals surface area contributed by atoms with Gasteiger partial charge in [-0.05, 0) is 18.4 Å². The number of benzene rings is 1. The summed E-state index contributed by atoms with van der Waals surface area (Å²) < 4.78 is 5.70. The van der Waals surface area contributed by atoms with Crippen molar-refractivity contribution in [2.24, 2.45) is 5.92 Å². The zero-order chi connectivity index (χ0) is 16.2. The first-order chi connectivity index (χ1) is 11.1. The molecule has 2 aliphatic heterocycles. The van der Waals surface area contributed by atoms with Gasteiger partial charge in [-0.2, -0.15) is 0 Å². The van der Waals surface area contributed by atoms with Crippen LogP contribution in [0, 0.1) is 5.92 Å². The fourth-order valence-corrected chi connectivity index (χ4v) is 3.36. The lowest BCUT2D eigenvalue weighted by Crippen LogP contribution is -2.41. The average Bonchev–Trinajstić information content (AvgIpc) is 3.17. The number of likely N-dealkylation sites (tertiary alicyclic amines) is 1. The Bertz CT molecular complexity index is 555. The topological polar surface area (TPSA) is 49.9 Å². The average molecular weight is 316 g/mol. The SMILES string of the molecule is CN1C[C@@H](C(=O)N(Cc2ccccc2)C[C@H]2CCCO2)CC1=O. The van der Waals surface area contributed by atoms with Crippen molar-refractivity contribution in [2.75, 3.05) is 26.7 Å². The molecule has 0 spiro atoms. The third-order valence-corrected chi connectivity index (χ3v) is 4.67. The van der Waals surface area contributed by atoms with Gasteiger partial charge in [-0.1, -0.05) is 30.3 Å². The fourth-order valence-electron chi connectivity index (χ4n) is 3.36. The van der Waals surface area contributed by atoms with E-state index in [4.69, 9.17) is 4.74 Å². The number of carbonyl (C=O) groups is 2. The monoisotopic (exact) mass is 316 g/mol. The van der Waals surface area contributed by atoms with Crippen molar-refractivity contribution >= 4 is 11.8 Å². The number of nitrogens with zero attached hydrogens (tertiary/aromatic N) is 2. The summed E-state index contributed by atoms with van der Waals surface area (Å²) in [5.41, 5.74) is 1.11. The molecule has 2 aliphatic rings. The lowest BCUT2D eigenvalue weighted by atomic mass is 10.1. The van der Waals surface area contributed by atoms with Crippen LogP contribution in [0.2, 0.25) is 0 Å². The van der Waals surface area contributed by atoms with Crippen LogP contribution in [0.15, 0.2) is 30.3 Å². The first kappa shape index (κ1) is 16.0. The minimum absolute atomic E-state index is 0.0557. The maximum absolute atomic E-state index is 12.9. The van der Waals surface area contributed by atoms with E-state index in [1.54, 1.807) is 11.9 Å². The van der Waals surface area contributed by atoms with Crippen molar-refractivity contribution in [3.8, 4) is 0 Å². The zero-order valence-corrected chi connectivity index (χ0v) is 13.6. The molecule has 23 heavy (non-hydrogen) atoms. The quantitative estimate of drug-likeness (QED) is 0.830. The van der Waals surface area contributed by atoms with Crippen molar-refractivity contribution in [2.45, 2.75) is 31.9 Å². The van der Waals surface area contributed by atoms with Gasteiger partial charge in [0.25, 0.3) is 0 Å². The minimum Gasteiger partial charge on any atom is -0.376 e. The summed E-state index contributed by atoms with van der Waals surface area (Å²) in [6.45, 7) is 2.49. The van der Waals surface area contributed by atoms with E-state index in [9.17, 15) is 9.59 Å². The van der Waals surface area contributed by atoms with Crippen molar-refractivity contribution in [1.29, 1.82) is 0 Å². The normalized spacial score (nSPS) is 24.2. The molecule has 0 aromatic heterocycles. The van der Waals surface area contributed by atoms with Gasteiger partial charge in [-0.25, -0.2) is 0 Å². The van der Waals surface area contributed by atoms with Gasteiger partial charge in [0.15, 0.2) is 0 Å². The number of hydrogen-bond acceptors (Lipinski definition) is 3. The second kappa shape index (κ2) is 7.13. The molecule has 124 valence electrons. The number of amides is 2. The molecule has 1 aromatic carbocycles. The van der Waals surface area contributed by atoms with Gasteiger partial charge in [-0.3, -0.25) is 9.59 Å². The van der Waals surface area contributed by atoms with Gasteiger partial charge in [0.2, 0.25) is 11.8 Å². The van der Waals surface area contributed by atoms with E-state index in [1.165, 1.54) is 0 Å². The standard InChI is InChI=1S/C18H24N2O3/c1-19-12-15(10-17(19)21)18(22)20(13-16-8-5-9-23-16)11-14-6-3-2-4-7-14/h2-4,6-7,15-16H,5,8-13H2,1H3/t15-,16+/m0/s1. The van der Waals surface area contributed by atoms with Crippen LogP contribution in [-0.2, 0) is 20.9 Å². The molecule has 2 amide bonds. The first-order valence-electron chi connectivity index (χ1n) is 8.32. The lowest BCUT2D eigenvalue weighted by Gasteiger charge is -2.28. The smallest absolute Gasteiger partial charge is 0.228 e. The van der Waals surface area contributed by atoms with Crippen LogP contribution >= 0.6 is 0 Å². The Hall–Kier alpha value is -1.88. The molecule has 5 heteroatoms. The maximum atomic E-state index is 12.9. The van der Waals surface area contributed by atoms with Gasteiger partial charge >= 0.3 is 0 Å². The van der Waals surface area contributed by atoms with Crippen LogP contribution in [0.1, 0.15) is 24.8 Å². The van der Waals surface area contributed by atoms with Gasteiger partial charge < -0.3 is 14.5 Å². The summed E-state index contributed by atoms with van der Waals surface area (Å²) in [7, 11) is 1.76. The van der Waals surface area contributed by atoms with Crippen LogP contribution < -0.4 is 0 Å². The Morgan fingerprint density at radius 1 is 1.35 bits per heavy atom. The molecule has 0 unspecified atom stereocenters. The van der Waals surface area contributed by atoms with E-state index in [0.29, 0.717) is 26.1 Å². The van der Waals surface area contributed by atoms with E-state index in [2.05, 4.69) is 0 Å². The van der Waals surface area contributed by atoms with Crippen LogP contribution in [0.5, 0.6) is 0 Å². The number of rotatable bonds is 5. The minimum atomic E-state index is -0.224. The predicted molar refractivity (Wildman–Crippen MR) is 86.6 cm³/mol. The summed E-state index contributed by atoms with van der Waals surface area (Å²) in [6.07, 6.45) is 2.51. The van der Waals surface area contributed by atoms with E-state index in [0.717, 1.165) is 25.0 Å². The summed E-state index contributed by atoms with van der Waals surface area (Å²) in [5.74, 6) is -0.0974. The molecule has 0 radical (unpaired) electrons. The van der Waals surface area contributed by atoms with E-state index in [-0.39, 0.29) is 23.8 Å². The Labute approximate surface area is 137 Å². The molecule has 0 saturated carbocycles. The second-order valence-electron chi connectivity index (χ2n) is 6.51. The first-order valence-corrected chi connectivity index (χ1v) is 8.32. The van der Waals surface area contributed by atoms with Crippen molar-refractivity contribution in [3.05, 3.63) is 35.9 Å². The molecule has 0 N–H and O–H groups in total. The summed E-state index contributed by atoms with van der Waals surface area (Å²) >= 11 is 0. The van der Waals surface area contributed by atoms with Gasteiger partial charge in [0.1, 0.15) is 0 Å². The number of hydrogen-bond donors (Lipinski definition) is 0. The molecule has 2 atom stereocenters. The van der Waals surface area contributed by atoms with E-state index >= 15 is 0 Å². The fraction of sp³-hybridized carbons (Fsp3) is 0.556. The van der Waals surface area contributed by atoms with Crippen molar-refractivity contribution in [1.82, 2.24) is 9.80 Å². The predicted octanol–water partition coefficient (Wildman–Crippen LogP) is 1.67. The third-order valence-electron chi connectivity index (χ3n) is 4.67. The van der Waals surface area contributed by atoms with Gasteiger partial charge in [-0.15, -0.1) is 0 Å². The molecular weight excluding hydrogens is 292 g/mol. The third kappa shape index (κ3) is 3.91. The van der Waals surface area contributed by atoms with Crippen LogP contribution in [0.4, 0.5) is 0 Å². The molecule has 5 nitrogen and oxygen atoms in total. The highest BCUT2D eigenvalue weighted by molar-refractivity contribution is 5.89. The highest BCUT2D eigenvalue weighted by Crippen LogP contribution is 2.22. The van der Waals surface area contributed by atoms with Crippen molar-refractivity contribution < 1.29 is 14.3 Å². The van der Waals surface area contributed by atoms with Gasteiger partial charge in [0, 0.05) is 39.7 Å². The molecule has 3 rings (SSSR count). The number of ether oxygens (including phenoxy) is 1. The molecule has 2 heterocycles. The molecule has 0 aliphatic carbocycles. The molecule has 2 fully saturated rings. The highest BCUT2D eigenvalue weighted by atomic mass is 16.5. The number of carbonyl (C=O) groups excluding carboxylic acids is 2. The highest BCUT2D eigenvalue weighted by Gasteiger charge is 2.35. The van der Waals surface area contributed by atoms with E-state index in [1.807, 2.05) is 35.2 Å². The second-order valence-corrected chi connectivity index (χ2v) is 6.51. The Morgan fingerprint density at radius 2 is 2.13 bits per heavy atom. The maximum Gasteiger partial charge on any atom is 0.228 e. The molecule has 0 bridgehead atoms. The zero-order valence-electron chi connectivity index (χ0n) is 13.6. The molecule has 1 aromatic rings. The van der Waals surface area contributed by atoms with Crippen molar-refractivity contribution in [3.63, 3.8) is 0 Å². The van der Waals surface area contributed by atoms with Crippen LogP contribution in [0.25, 0.3) is 0 Å².